The first kappa shape index (κ1) is 15.2. The highest BCUT2D eigenvalue weighted by Gasteiger charge is 2.33. The van der Waals surface area contributed by atoms with Crippen molar-refractivity contribution < 1.29 is 9.53 Å². The fourth-order valence-corrected chi connectivity index (χ4v) is 2.97. The third kappa shape index (κ3) is 2.94. The number of pyridine rings is 1. The third-order valence-corrected chi connectivity index (χ3v) is 3.93. The van der Waals surface area contributed by atoms with Gasteiger partial charge >= 0.3 is 0 Å². The molecule has 2 N–H and O–H groups in total. The molecule has 1 amide bonds. The van der Waals surface area contributed by atoms with Crippen molar-refractivity contribution in [1.82, 2.24) is 19.9 Å². The minimum Gasteiger partial charge on any atom is -0.480 e. The Balaban J connectivity index is 1.93. The minimum atomic E-state index is -0.104. The van der Waals surface area contributed by atoms with Gasteiger partial charge in [0.15, 0.2) is 0 Å². The van der Waals surface area contributed by atoms with Gasteiger partial charge in [-0.1, -0.05) is 0 Å². The highest BCUT2D eigenvalue weighted by molar-refractivity contribution is 5.96. The summed E-state index contributed by atoms with van der Waals surface area (Å²) in [6.45, 7) is 2.47. The summed E-state index contributed by atoms with van der Waals surface area (Å²) in [5, 5.41) is 0. The number of nitrogens with two attached hydrogens (primary N) is 1. The predicted octanol–water partition coefficient (Wildman–Crippen LogP) is 1.75. The van der Waals surface area contributed by atoms with Gasteiger partial charge < -0.3 is 15.4 Å². The first-order chi connectivity index (χ1) is 11.1. The molecule has 23 heavy (non-hydrogen) atoms. The molecule has 3 rings (SSSR count). The zero-order valence-corrected chi connectivity index (χ0v) is 13.2. The number of carbonyl (C=O) groups excluding carboxylic acids is 1. The van der Waals surface area contributed by atoms with Crippen LogP contribution in [0.25, 0.3) is 0 Å². The van der Waals surface area contributed by atoms with Crippen molar-refractivity contribution in [3.05, 3.63) is 41.5 Å². The summed E-state index contributed by atoms with van der Waals surface area (Å²) in [7, 11) is 1.51. The summed E-state index contributed by atoms with van der Waals surface area (Å²) in [6, 6.07) is 5.09. The number of nitrogen functional groups attached to an aromatic ring is 1. The zero-order valence-electron chi connectivity index (χ0n) is 13.2. The third-order valence-electron chi connectivity index (χ3n) is 3.93. The van der Waals surface area contributed by atoms with E-state index in [0.717, 1.165) is 18.5 Å². The fourth-order valence-electron chi connectivity index (χ4n) is 2.97. The van der Waals surface area contributed by atoms with Crippen LogP contribution in [0.1, 0.15) is 40.8 Å². The van der Waals surface area contributed by atoms with Crippen molar-refractivity contribution in [3.8, 4) is 5.88 Å². The van der Waals surface area contributed by atoms with E-state index in [1.54, 1.807) is 36.2 Å². The molecule has 1 aliphatic heterocycles. The molecule has 1 saturated heterocycles. The van der Waals surface area contributed by atoms with Gasteiger partial charge in [0.25, 0.3) is 5.91 Å². The normalized spacial score (nSPS) is 17.3. The number of carbonyl (C=O) groups is 1. The Bertz CT molecular complexity index is 714. The van der Waals surface area contributed by atoms with Crippen LogP contribution >= 0.6 is 0 Å². The molecule has 7 heteroatoms. The van der Waals surface area contributed by atoms with E-state index in [4.69, 9.17) is 10.5 Å². The van der Waals surface area contributed by atoms with Crippen LogP contribution in [0, 0.1) is 6.92 Å². The zero-order chi connectivity index (χ0) is 16.4. The SMILES string of the molecule is COc1ncccc1C(=O)N1CCCC1c1cc(N)nc(C)n1. The highest BCUT2D eigenvalue weighted by atomic mass is 16.5. The van der Waals surface area contributed by atoms with E-state index in [1.165, 1.54) is 7.11 Å². The maximum atomic E-state index is 12.9. The number of methoxy groups -OCH3 is 1. The van der Waals surface area contributed by atoms with Crippen molar-refractivity contribution in [1.29, 1.82) is 0 Å². The van der Waals surface area contributed by atoms with Crippen LogP contribution in [0.15, 0.2) is 24.4 Å². The smallest absolute Gasteiger partial charge is 0.259 e. The van der Waals surface area contributed by atoms with Gasteiger partial charge in [0.2, 0.25) is 5.88 Å². The summed E-state index contributed by atoms with van der Waals surface area (Å²) < 4.78 is 5.20. The van der Waals surface area contributed by atoms with Crippen LogP contribution < -0.4 is 10.5 Å². The number of hydrogen-bond donors (Lipinski definition) is 1. The molecule has 0 radical (unpaired) electrons. The van der Waals surface area contributed by atoms with Crippen molar-refractivity contribution in [2.45, 2.75) is 25.8 Å². The van der Waals surface area contributed by atoms with Gasteiger partial charge in [0.05, 0.1) is 18.8 Å². The molecule has 0 aliphatic carbocycles. The van der Waals surface area contributed by atoms with Gasteiger partial charge in [0.1, 0.15) is 17.2 Å². The molecule has 120 valence electrons. The second-order valence-corrected chi connectivity index (χ2v) is 5.48. The molecule has 0 spiro atoms. The van der Waals surface area contributed by atoms with Crippen LogP contribution in [0.5, 0.6) is 5.88 Å². The van der Waals surface area contributed by atoms with Crippen LogP contribution in [-0.2, 0) is 0 Å². The molecule has 0 bridgehead atoms. The molecule has 0 saturated carbocycles. The van der Waals surface area contributed by atoms with E-state index in [2.05, 4.69) is 15.0 Å². The van der Waals surface area contributed by atoms with E-state index >= 15 is 0 Å². The Labute approximate surface area is 134 Å². The second-order valence-electron chi connectivity index (χ2n) is 5.48. The lowest BCUT2D eigenvalue weighted by molar-refractivity contribution is 0.0728. The van der Waals surface area contributed by atoms with Crippen molar-refractivity contribution >= 4 is 11.7 Å². The number of rotatable bonds is 3. The number of aromatic nitrogens is 3. The molecule has 3 heterocycles. The average molecular weight is 313 g/mol. The Morgan fingerprint density at radius 1 is 1.43 bits per heavy atom. The molecule has 2 aromatic rings. The average Bonchev–Trinajstić information content (AvgIpc) is 3.03. The molecular weight excluding hydrogens is 294 g/mol. The quantitative estimate of drug-likeness (QED) is 0.927. The number of likely N-dealkylation sites (tertiary alicyclic amines) is 1. The van der Waals surface area contributed by atoms with E-state index < -0.39 is 0 Å². The van der Waals surface area contributed by atoms with Crippen LogP contribution in [0.3, 0.4) is 0 Å². The van der Waals surface area contributed by atoms with Crippen molar-refractivity contribution in [2.24, 2.45) is 0 Å². The minimum absolute atomic E-state index is 0.101. The van der Waals surface area contributed by atoms with E-state index in [9.17, 15) is 4.79 Å². The summed E-state index contributed by atoms with van der Waals surface area (Å²) in [5.41, 5.74) is 7.06. The maximum absolute atomic E-state index is 12.9. The monoisotopic (exact) mass is 313 g/mol. The number of ether oxygens (including phenoxy) is 1. The van der Waals surface area contributed by atoms with Gasteiger partial charge in [-0.25, -0.2) is 15.0 Å². The summed E-state index contributed by atoms with van der Waals surface area (Å²) in [6.07, 6.45) is 3.37. The standard InChI is InChI=1S/C16H19N5O2/c1-10-19-12(9-14(17)20-10)13-6-4-8-21(13)16(22)11-5-3-7-18-15(11)23-2/h3,5,7,9,13H,4,6,8H2,1-2H3,(H2,17,19,20). The number of amides is 1. The van der Waals surface area contributed by atoms with Crippen molar-refractivity contribution in [3.63, 3.8) is 0 Å². The van der Waals surface area contributed by atoms with Gasteiger partial charge in [-0.2, -0.15) is 0 Å². The second kappa shape index (κ2) is 6.20. The van der Waals surface area contributed by atoms with Gasteiger partial charge in [0, 0.05) is 18.8 Å². The van der Waals surface area contributed by atoms with E-state index in [0.29, 0.717) is 29.6 Å². The lowest BCUT2D eigenvalue weighted by Gasteiger charge is -2.25. The van der Waals surface area contributed by atoms with Crippen LogP contribution in [-0.4, -0.2) is 39.4 Å². The topological polar surface area (TPSA) is 94.2 Å². The molecule has 0 aromatic carbocycles. The Morgan fingerprint density at radius 3 is 3.00 bits per heavy atom. The first-order valence-electron chi connectivity index (χ1n) is 7.51. The highest BCUT2D eigenvalue weighted by Crippen LogP contribution is 2.33. The first-order valence-corrected chi connectivity index (χ1v) is 7.51. The predicted molar refractivity (Wildman–Crippen MR) is 85.0 cm³/mol. The lowest BCUT2D eigenvalue weighted by atomic mass is 10.1. The summed E-state index contributed by atoms with van der Waals surface area (Å²) in [5.74, 6) is 1.26. The molecule has 1 fully saturated rings. The van der Waals surface area contributed by atoms with Crippen LogP contribution in [0.2, 0.25) is 0 Å². The van der Waals surface area contributed by atoms with Gasteiger partial charge in [-0.3, -0.25) is 4.79 Å². The van der Waals surface area contributed by atoms with E-state index in [-0.39, 0.29) is 11.9 Å². The maximum Gasteiger partial charge on any atom is 0.259 e. The molecule has 1 unspecified atom stereocenters. The van der Waals surface area contributed by atoms with Gasteiger partial charge in [-0.05, 0) is 31.9 Å². The van der Waals surface area contributed by atoms with Crippen molar-refractivity contribution in [2.75, 3.05) is 19.4 Å². The fraction of sp³-hybridized carbons (Fsp3) is 0.375. The Kier molecular flexibility index (Phi) is 4.10. The molecular formula is C16H19N5O2. The Hall–Kier alpha value is -2.70. The molecule has 2 aromatic heterocycles. The number of aryl methyl sites for hydroxylation is 1. The van der Waals surface area contributed by atoms with Gasteiger partial charge in [-0.15, -0.1) is 0 Å². The van der Waals surface area contributed by atoms with Crippen LogP contribution in [0.4, 0.5) is 5.82 Å². The molecule has 1 atom stereocenters. The lowest BCUT2D eigenvalue weighted by Crippen LogP contribution is -2.31. The van der Waals surface area contributed by atoms with E-state index in [1.807, 2.05) is 0 Å². The molecule has 1 aliphatic rings. The number of nitrogens with zero attached hydrogens (tertiary/aromatic N) is 4. The Morgan fingerprint density at radius 2 is 2.26 bits per heavy atom. The largest absolute Gasteiger partial charge is 0.480 e. The number of hydrogen-bond acceptors (Lipinski definition) is 6. The summed E-state index contributed by atoms with van der Waals surface area (Å²) >= 11 is 0. The number of anilines is 1. The summed E-state index contributed by atoms with van der Waals surface area (Å²) in [4.78, 5) is 27.4. The molecule has 7 nitrogen and oxygen atoms in total.